The smallest absolute Gasteiger partial charge is 0.287 e. The summed E-state index contributed by atoms with van der Waals surface area (Å²) < 4.78 is 5.18. The van der Waals surface area contributed by atoms with Gasteiger partial charge in [-0.3, -0.25) is 4.79 Å². The summed E-state index contributed by atoms with van der Waals surface area (Å²) in [5.41, 5.74) is 6.61. The van der Waals surface area contributed by atoms with Crippen LogP contribution in [0.4, 0.5) is 0 Å². The summed E-state index contributed by atoms with van der Waals surface area (Å²) in [6.45, 7) is 2.36. The third kappa shape index (κ3) is 2.69. The minimum Gasteiger partial charge on any atom is -0.459 e. The monoisotopic (exact) mass is 236 g/mol. The molecular weight excluding hydrogens is 216 g/mol. The van der Waals surface area contributed by atoms with Crippen LogP contribution in [0, 0.1) is 12.8 Å². The first-order chi connectivity index (χ1) is 8.22. The average Bonchev–Trinajstić information content (AvgIpc) is 2.96. The second-order valence-electron chi connectivity index (χ2n) is 4.79. The zero-order valence-electron chi connectivity index (χ0n) is 10.2. The lowest BCUT2D eigenvalue weighted by molar-refractivity contribution is 0.0895. The van der Waals surface area contributed by atoms with E-state index < -0.39 is 0 Å². The molecule has 94 valence electrons. The minimum absolute atomic E-state index is 0.0782. The normalized spacial score (nSPS) is 18.2. The lowest BCUT2D eigenvalue weighted by Gasteiger charge is -2.22. The van der Waals surface area contributed by atoms with Gasteiger partial charge in [0, 0.05) is 18.2 Å². The van der Waals surface area contributed by atoms with Crippen molar-refractivity contribution < 1.29 is 9.21 Å². The van der Waals surface area contributed by atoms with E-state index in [1.54, 1.807) is 6.07 Å². The van der Waals surface area contributed by atoms with E-state index in [0.717, 1.165) is 5.56 Å². The molecule has 0 bridgehead atoms. The van der Waals surface area contributed by atoms with Crippen molar-refractivity contribution in [1.82, 2.24) is 5.32 Å². The van der Waals surface area contributed by atoms with Gasteiger partial charge in [-0.25, -0.2) is 0 Å². The number of carbonyl (C=O) groups is 1. The van der Waals surface area contributed by atoms with Gasteiger partial charge in [-0.05, 0) is 31.7 Å². The number of nitrogens with two attached hydrogens (primary N) is 1. The van der Waals surface area contributed by atoms with Gasteiger partial charge in [0.15, 0.2) is 5.76 Å². The van der Waals surface area contributed by atoms with Gasteiger partial charge in [0.1, 0.15) is 0 Å². The Labute approximate surface area is 102 Å². The SMILES string of the molecule is Cc1ccoc1C(=O)NC(CN)C1CCCC1. The molecule has 1 saturated carbocycles. The molecule has 1 aromatic rings. The van der Waals surface area contributed by atoms with Crippen LogP contribution in [0.1, 0.15) is 41.8 Å². The molecule has 1 aromatic heterocycles. The van der Waals surface area contributed by atoms with Crippen LogP contribution in [0.15, 0.2) is 16.7 Å². The number of aryl methyl sites for hydroxylation is 1. The summed E-state index contributed by atoms with van der Waals surface area (Å²) >= 11 is 0. The van der Waals surface area contributed by atoms with Crippen LogP contribution >= 0.6 is 0 Å². The standard InChI is InChI=1S/C13H20N2O2/c1-9-6-7-17-12(9)13(16)15-11(8-14)10-4-2-3-5-10/h6-7,10-11H,2-5,8,14H2,1H3,(H,15,16). The van der Waals surface area contributed by atoms with Crippen molar-refractivity contribution in [2.24, 2.45) is 11.7 Å². The number of hydrogen-bond donors (Lipinski definition) is 2. The molecule has 1 aliphatic rings. The predicted molar refractivity (Wildman–Crippen MR) is 65.7 cm³/mol. The summed E-state index contributed by atoms with van der Waals surface area (Å²) in [4.78, 5) is 12.0. The van der Waals surface area contributed by atoms with Gasteiger partial charge in [-0.2, -0.15) is 0 Å². The van der Waals surface area contributed by atoms with E-state index in [1.165, 1.54) is 31.9 Å². The Balaban J connectivity index is 1.99. The highest BCUT2D eigenvalue weighted by atomic mass is 16.3. The zero-order valence-corrected chi connectivity index (χ0v) is 10.2. The molecule has 4 nitrogen and oxygen atoms in total. The molecule has 1 aliphatic carbocycles. The Morgan fingerprint density at radius 1 is 1.59 bits per heavy atom. The van der Waals surface area contributed by atoms with Crippen molar-refractivity contribution >= 4 is 5.91 Å². The van der Waals surface area contributed by atoms with Crippen molar-refractivity contribution in [1.29, 1.82) is 0 Å². The molecule has 17 heavy (non-hydrogen) atoms. The minimum atomic E-state index is -0.144. The lowest BCUT2D eigenvalue weighted by atomic mass is 9.98. The first kappa shape index (κ1) is 12.2. The summed E-state index contributed by atoms with van der Waals surface area (Å²) in [5, 5.41) is 2.99. The number of carbonyl (C=O) groups excluding carboxylic acids is 1. The van der Waals surface area contributed by atoms with Crippen molar-refractivity contribution in [2.75, 3.05) is 6.54 Å². The van der Waals surface area contributed by atoms with Crippen LogP contribution in [0.2, 0.25) is 0 Å². The molecule has 1 unspecified atom stereocenters. The number of amides is 1. The molecular formula is C13H20N2O2. The van der Waals surface area contributed by atoms with Crippen molar-refractivity contribution in [2.45, 2.75) is 38.6 Å². The molecule has 0 saturated heterocycles. The summed E-state index contributed by atoms with van der Waals surface area (Å²) in [7, 11) is 0. The molecule has 0 aliphatic heterocycles. The molecule has 1 fully saturated rings. The van der Waals surface area contributed by atoms with Gasteiger partial charge in [0.05, 0.1) is 6.26 Å². The largest absolute Gasteiger partial charge is 0.459 e. The number of rotatable bonds is 4. The molecule has 1 atom stereocenters. The Morgan fingerprint density at radius 3 is 2.82 bits per heavy atom. The highest BCUT2D eigenvalue weighted by molar-refractivity contribution is 5.93. The Bertz CT molecular complexity index is 381. The topological polar surface area (TPSA) is 68.3 Å². The third-order valence-corrected chi connectivity index (χ3v) is 3.61. The second kappa shape index (κ2) is 5.36. The highest BCUT2D eigenvalue weighted by Gasteiger charge is 2.26. The van der Waals surface area contributed by atoms with E-state index in [2.05, 4.69) is 5.32 Å². The molecule has 1 heterocycles. The van der Waals surface area contributed by atoms with Crippen LogP contribution in [-0.2, 0) is 0 Å². The van der Waals surface area contributed by atoms with Crippen molar-refractivity contribution in [3.05, 3.63) is 23.7 Å². The van der Waals surface area contributed by atoms with Crippen molar-refractivity contribution in [3.8, 4) is 0 Å². The second-order valence-corrected chi connectivity index (χ2v) is 4.79. The van der Waals surface area contributed by atoms with Gasteiger partial charge < -0.3 is 15.5 Å². The highest BCUT2D eigenvalue weighted by Crippen LogP contribution is 2.27. The molecule has 3 N–H and O–H groups in total. The zero-order chi connectivity index (χ0) is 12.3. The molecule has 0 spiro atoms. The average molecular weight is 236 g/mol. The van der Waals surface area contributed by atoms with Gasteiger partial charge in [0.2, 0.25) is 0 Å². The molecule has 2 rings (SSSR count). The summed E-state index contributed by atoms with van der Waals surface area (Å²) in [5.74, 6) is 0.788. The van der Waals surface area contributed by atoms with E-state index >= 15 is 0 Å². The molecule has 1 amide bonds. The van der Waals surface area contributed by atoms with Gasteiger partial charge in [0.25, 0.3) is 5.91 Å². The first-order valence-electron chi connectivity index (χ1n) is 6.27. The maximum Gasteiger partial charge on any atom is 0.287 e. The summed E-state index contributed by atoms with van der Waals surface area (Å²) in [6, 6.07) is 1.87. The number of furan rings is 1. The van der Waals surface area contributed by atoms with Crippen LogP contribution in [-0.4, -0.2) is 18.5 Å². The van der Waals surface area contributed by atoms with Gasteiger partial charge >= 0.3 is 0 Å². The maximum atomic E-state index is 12.0. The summed E-state index contributed by atoms with van der Waals surface area (Å²) in [6.07, 6.45) is 6.36. The van der Waals surface area contributed by atoms with Crippen LogP contribution in [0.5, 0.6) is 0 Å². The van der Waals surface area contributed by atoms with Crippen molar-refractivity contribution in [3.63, 3.8) is 0 Å². The molecule has 0 radical (unpaired) electrons. The van der Waals surface area contributed by atoms with E-state index in [-0.39, 0.29) is 11.9 Å². The quantitative estimate of drug-likeness (QED) is 0.838. The lowest BCUT2D eigenvalue weighted by Crippen LogP contribution is -2.44. The fourth-order valence-corrected chi connectivity index (χ4v) is 2.57. The van der Waals surface area contributed by atoms with E-state index in [9.17, 15) is 4.79 Å². The van der Waals surface area contributed by atoms with Crippen LogP contribution in [0.3, 0.4) is 0 Å². The van der Waals surface area contributed by atoms with Gasteiger partial charge in [-0.15, -0.1) is 0 Å². The third-order valence-electron chi connectivity index (χ3n) is 3.61. The first-order valence-corrected chi connectivity index (χ1v) is 6.27. The number of nitrogens with one attached hydrogen (secondary N) is 1. The van der Waals surface area contributed by atoms with Crippen LogP contribution < -0.4 is 11.1 Å². The molecule has 0 aromatic carbocycles. The fraction of sp³-hybridized carbons (Fsp3) is 0.615. The maximum absolute atomic E-state index is 12.0. The predicted octanol–water partition coefficient (Wildman–Crippen LogP) is 1.84. The van der Waals surface area contributed by atoms with E-state index in [0.29, 0.717) is 18.2 Å². The van der Waals surface area contributed by atoms with E-state index in [4.69, 9.17) is 10.2 Å². The molecule has 4 heteroatoms. The number of hydrogen-bond acceptors (Lipinski definition) is 3. The van der Waals surface area contributed by atoms with Gasteiger partial charge in [-0.1, -0.05) is 12.8 Å². The van der Waals surface area contributed by atoms with Crippen LogP contribution in [0.25, 0.3) is 0 Å². The Hall–Kier alpha value is -1.29. The fourth-order valence-electron chi connectivity index (χ4n) is 2.57. The van der Waals surface area contributed by atoms with E-state index in [1.807, 2.05) is 6.92 Å². The Morgan fingerprint density at radius 2 is 2.29 bits per heavy atom. The Kier molecular flexibility index (Phi) is 3.84.